The van der Waals surface area contributed by atoms with E-state index in [9.17, 15) is 0 Å². The van der Waals surface area contributed by atoms with Crippen LogP contribution in [-0.4, -0.2) is 4.57 Å². The first-order chi connectivity index (χ1) is 9.26. The number of aryl methyl sites for hydroxylation is 1. The molecule has 3 aromatic rings. The molecule has 0 aliphatic rings. The molecule has 0 saturated carbocycles. The fraction of sp³-hybridized carbons (Fsp3) is 0.333. The van der Waals surface area contributed by atoms with Gasteiger partial charge in [0.05, 0.1) is 0 Å². The van der Waals surface area contributed by atoms with E-state index in [-0.39, 0.29) is 0 Å². The maximum atomic E-state index is 2.43. The van der Waals surface area contributed by atoms with Crippen molar-refractivity contribution in [3.05, 3.63) is 48.0 Å². The zero-order valence-electron chi connectivity index (χ0n) is 12.0. The van der Waals surface area contributed by atoms with Crippen LogP contribution in [0.15, 0.2) is 42.5 Å². The van der Waals surface area contributed by atoms with E-state index in [0.29, 0.717) is 5.92 Å². The zero-order valence-corrected chi connectivity index (χ0v) is 12.0. The number of hydrogen-bond acceptors (Lipinski definition) is 0. The fourth-order valence-electron chi connectivity index (χ4n) is 2.95. The molecule has 0 fully saturated rings. The number of fused-ring (bicyclic) bond motifs is 3. The van der Waals surface area contributed by atoms with Gasteiger partial charge in [-0.2, -0.15) is 0 Å². The summed E-state index contributed by atoms with van der Waals surface area (Å²) >= 11 is 0. The number of hydrogen-bond donors (Lipinski definition) is 0. The average Bonchev–Trinajstić information content (AvgIpc) is 2.79. The lowest BCUT2D eigenvalue weighted by Gasteiger charge is -2.10. The van der Waals surface area contributed by atoms with Crippen LogP contribution in [0.4, 0.5) is 0 Å². The van der Waals surface area contributed by atoms with Crippen LogP contribution in [0.3, 0.4) is 0 Å². The summed E-state index contributed by atoms with van der Waals surface area (Å²) in [5.41, 5.74) is 4.18. The first-order valence-electron chi connectivity index (χ1n) is 7.27. The fourth-order valence-corrected chi connectivity index (χ4v) is 2.95. The summed E-state index contributed by atoms with van der Waals surface area (Å²) in [5, 5.41) is 2.75. The Balaban J connectivity index is 2.36. The SMILES string of the molecule is CCC(C)c1ccc2c3ccccc3n(CC)c2c1. The molecule has 0 amide bonds. The first kappa shape index (κ1) is 12.3. The van der Waals surface area contributed by atoms with Gasteiger partial charge in [0.2, 0.25) is 0 Å². The Morgan fingerprint density at radius 2 is 1.68 bits per heavy atom. The van der Waals surface area contributed by atoms with Gasteiger partial charge in [-0.05, 0) is 37.0 Å². The van der Waals surface area contributed by atoms with Crippen LogP contribution in [-0.2, 0) is 6.54 Å². The maximum Gasteiger partial charge on any atom is 0.0494 e. The molecular weight excluding hydrogens is 230 g/mol. The van der Waals surface area contributed by atoms with Gasteiger partial charge in [0, 0.05) is 28.4 Å². The van der Waals surface area contributed by atoms with Crippen LogP contribution in [0.5, 0.6) is 0 Å². The van der Waals surface area contributed by atoms with E-state index < -0.39 is 0 Å². The van der Waals surface area contributed by atoms with E-state index >= 15 is 0 Å². The molecule has 0 radical (unpaired) electrons. The quantitative estimate of drug-likeness (QED) is 0.593. The predicted octanol–water partition coefficient (Wildman–Crippen LogP) is 5.33. The van der Waals surface area contributed by atoms with E-state index in [2.05, 4.69) is 67.8 Å². The summed E-state index contributed by atoms with van der Waals surface area (Å²) in [6.45, 7) is 7.81. The Morgan fingerprint density at radius 1 is 0.947 bits per heavy atom. The second kappa shape index (κ2) is 4.73. The normalized spacial score (nSPS) is 13.2. The van der Waals surface area contributed by atoms with Crippen molar-refractivity contribution < 1.29 is 0 Å². The highest BCUT2D eigenvalue weighted by Crippen LogP contribution is 2.31. The molecule has 1 heteroatoms. The van der Waals surface area contributed by atoms with Gasteiger partial charge < -0.3 is 4.57 Å². The van der Waals surface area contributed by atoms with Crippen molar-refractivity contribution in [3.63, 3.8) is 0 Å². The average molecular weight is 251 g/mol. The van der Waals surface area contributed by atoms with Crippen molar-refractivity contribution in [2.75, 3.05) is 0 Å². The van der Waals surface area contributed by atoms with E-state index in [4.69, 9.17) is 0 Å². The van der Waals surface area contributed by atoms with Gasteiger partial charge in [0.1, 0.15) is 0 Å². The Bertz CT molecular complexity index is 721. The van der Waals surface area contributed by atoms with Crippen molar-refractivity contribution in [3.8, 4) is 0 Å². The third-order valence-corrected chi connectivity index (χ3v) is 4.30. The lowest BCUT2D eigenvalue weighted by molar-refractivity contribution is 0.733. The van der Waals surface area contributed by atoms with E-state index in [1.165, 1.54) is 33.8 Å². The summed E-state index contributed by atoms with van der Waals surface area (Å²) in [6.07, 6.45) is 1.19. The number of nitrogens with zero attached hydrogens (tertiary/aromatic N) is 1. The molecular formula is C18H21N. The maximum absolute atomic E-state index is 2.43. The topological polar surface area (TPSA) is 4.93 Å². The molecule has 1 heterocycles. The van der Waals surface area contributed by atoms with Crippen LogP contribution in [0.1, 0.15) is 38.7 Å². The summed E-state index contributed by atoms with van der Waals surface area (Å²) in [7, 11) is 0. The van der Waals surface area contributed by atoms with Crippen LogP contribution in [0.2, 0.25) is 0 Å². The van der Waals surface area contributed by atoms with Crippen molar-refractivity contribution >= 4 is 21.8 Å². The predicted molar refractivity (Wildman–Crippen MR) is 83.8 cm³/mol. The Morgan fingerprint density at radius 3 is 2.42 bits per heavy atom. The highest BCUT2D eigenvalue weighted by Gasteiger charge is 2.11. The molecule has 1 aromatic heterocycles. The number of para-hydroxylation sites is 1. The second-order valence-electron chi connectivity index (χ2n) is 5.35. The molecule has 19 heavy (non-hydrogen) atoms. The smallest absolute Gasteiger partial charge is 0.0494 e. The molecule has 0 aliphatic heterocycles. The Hall–Kier alpha value is -1.76. The van der Waals surface area contributed by atoms with Gasteiger partial charge in [-0.25, -0.2) is 0 Å². The zero-order chi connectivity index (χ0) is 13.4. The van der Waals surface area contributed by atoms with E-state index in [0.717, 1.165) is 6.54 Å². The summed E-state index contributed by atoms with van der Waals surface area (Å²) in [6, 6.07) is 15.7. The minimum atomic E-state index is 0.632. The van der Waals surface area contributed by atoms with Crippen molar-refractivity contribution in [2.24, 2.45) is 0 Å². The first-order valence-corrected chi connectivity index (χ1v) is 7.27. The van der Waals surface area contributed by atoms with Gasteiger partial charge in [0.15, 0.2) is 0 Å². The highest BCUT2D eigenvalue weighted by molar-refractivity contribution is 6.08. The molecule has 98 valence electrons. The molecule has 2 aromatic carbocycles. The second-order valence-corrected chi connectivity index (χ2v) is 5.35. The van der Waals surface area contributed by atoms with Crippen molar-refractivity contribution in [1.82, 2.24) is 4.57 Å². The van der Waals surface area contributed by atoms with Crippen LogP contribution in [0, 0.1) is 0 Å². The minimum absolute atomic E-state index is 0.632. The monoisotopic (exact) mass is 251 g/mol. The molecule has 1 nitrogen and oxygen atoms in total. The van der Waals surface area contributed by atoms with E-state index in [1.807, 2.05) is 0 Å². The van der Waals surface area contributed by atoms with Gasteiger partial charge in [-0.3, -0.25) is 0 Å². The van der Waals surface area contributed by atoms with Gasteiger partial charge in [-0.15, -0.1) is 0 Å². The molecule has 1 atom stereocenters. The molecule has 0 bridgehead atoms. The number of benzene rings is 2. The van der Waals surface area contributed by atoms with Crippen molar-refractivity contribution in [2.45, 2.75) is 39.7 Å². The third-order valence-electron chi connectivity index (χ3n) is 4.30. The lowest BCUT2D eigenvalue weighted by Crippen LogP contribution is -1.95. The van der Waals surface area contributed by atoms with Crippen LogP contribution in [0.25, 0.3) is 21.8 Å². The molecule has 0 N–H and O–H groups in total. The highest BCUT2D eigenvalue weighted by atomic mass is 15.0. The van der Waals surface area contributed by atoms with E-state index in [1.54, 1.807) is 0 Å². The molecule has 0 saturated heterocycles. The molecule has 0 spiro atoms. The Kier molecular flexibility index (Phi) is 3.06. The van der Waals surface area contributed by atoms with Crippen LogP contribution >= 0.6 is 0 Å². The molecule has 3 rings (SSSR count). The van der Waals surface area contributed by atoms with Gasteiger partial charge in [0.25, 0.3) is 0 Å². The number of rotatable bonds is 3. The molecule has 1 unspecified atom stereocenters. The van der Waals surface area contributed by atoms with Gasteiger partial charge in [-0.1, -0.05) is 44.2 Å². The molecule has 0 aliphatic carbocycles. The summed E-state index contributed by atoms with van der Waals surface area (Å²) in [4.78, 5) is 0. The standard InChI is InChI=1S/C18H21N/c1-4-13(3)14-10-11-16-15-8-6-7-9-17(15)19(5-2)18(16)12-14/h6-13H,4-5H2,1-3H3. The summed E-state index contributed by atoms with van der Waals surface area (Å²) < 4.78 is 2.43. The largest absolute Gasteiger partial charge is 0.341 e. The van der Waals surface area contributed by atoms with Crippen molar-refractivity contribution in [1.29, 1.82) is 0 Å². The summed E-state index contributed by atoms with van der Waals surface area (Å²) in [5.74, 6) is 0.632. The lowest BCUT2D eigenvalue weighted by atomic mass is 9.97. The Labute approximate surface area is 114 Å². The number of aromatic nitrogens is 1. The van der Waals surface area contributed by atoms with Crippen LogP contribution < -0.4 is 0 Å². The van der Waals surface area contributed by atoms with Gasteiger partial charge >= 0.3 is 0 Å². The third kappa shape index (κ3) is 1.85. The minimum Gasteiger partial charge on any atom is -0.341 e.